The third-order valence-corrected chi connectivity index (χ3v) is 2.72. The fourth-order valence-corrected chi connectivity index (χ4v) is 1.44. The molecule has 1 aromatic carbocycles. The monoisotopic (exact) mass is 246 g/mol. The number of benzene rings is 1. The first-order valence-electron chi connectivity index (χ1n) is 4.35. The second-order valence-electron chi connectivity index (χ2n) is 3.39. The smallest absolute Gasteiger partial charge is 0.321 e. The van der Waals surface area contributed by atoms with E-state index in [4.69, 9.17) is 23.2 Å². The predicted molar refractivity (Wildman–Crippen MR) is 63.9 cm³/mol. The number of rotatable bonds is 1. The Morgan fingerprint density at radius 1 is 1.27 bits per heavy atom. The van der Waals surface area contributed by atoms with E-state index in [9.17, 15) is 4.79 Å². The highest BCUT2D eigenvalue weighted by Crippen LogP contribution is 2.28. The van der Waals surface area contributed by atoms with Crippen LogP contribution in [0.5, 0.6) is 0 Å². The van der Waals surface area contributed by atoms with Crippen molar-refractivity contribution in [3.05, 3.63) is 27.7 Å². The van der Waals surface area contributed by atoms with Gasteiger partial charge in [-0.2, -0.15) is 0 Å². The third kappa shape index (κ3) is 3.01. The number of amides is 2. The summed E-state index contributed by atoms with van der Waals surface area (Å²) in [4.78, 5) is 12.8. The topological polar surface area (TPSA) is 32.3 Å². The Balaban J connectivity index is 2.93. The Hall–Kier alpha value is -0.930. The predicted octanol–water partition coefficient (Wildman–Crippen LogP) is 3.40. The number of anilines is 1. The lowest BCUT2D eigenvalue weighted by Gasteiger charge is -2.13. The van der Waals surface area contributed by atoms with E-state index in [1.54, 1.807) is 26.2 Å². The molecule has 1 rings (SSSR count). The minimum absolute atomic E-state index is 0.217. The standard InChI is InChI=1S/C10H12Cl2N2O/c1-6-8(11)4-7(5-9(6)12)13-10(15)14(2)3/h4-5H,1-3H3,(H,13,15). The average molecular weight is 247 g/mol. The van der Waals surface area contributed by atoms with E-state index in [0.29, 0.717) is 15.7 Å². The highest BCUT2D eigenvalue weighted by Gasteiger charge is 2.07. The molecule has 0 saturated carbocycles. The normalized spacial score (nSPS) is 9.93. The van der Waals surface area contributed by atoms with Gasteiger partial charge in [-0.05, 0) is 24.6 Å². The molecule has 0 heterocycles. The van der Waals surface area contributed by atoms with E-state index >= 15 is 0 Å². The molecule has 1 N–H and O–H groups in total. The second kappa shape index (κ2) is 4.73. The molecule has 0 unspecified atom stereocenters. The zero-order valence-electron chi connectivity index (χ0n) is 8.77. The van der Waals surface area contributed by atoms with Crippen LogP contribution in [0, 0.1) is 6.92 Å². The molecule has 0 saturated heterocycles. The Morgan fingerprint density at radius 2 is 1.73 bits per heavy atom. The molecule has 0 bridgehead atoms. The Bertz CT molecular complexity index is 368. The van der Waals surface area contributed by atoms with Crippen molar-refractivity contribution in [3.8, 4) is 0 Å². The van der Waals surface area contributed by atoms with Gasteiger partial charge in [-0.1, -0.05) is 23.2 Å². The maximum Gasteiger partial charge on any atom is 0.321 e. The molecule has 2 amide bonds. The molecular weight excluding hydrogens is 235 g/mol. The van der Waals surface area contributed by atoms with Crippen LogP contribution in [0.1, 0.15) is 5.56 Å². The van der Waals surface area contributed by atoms with Gasteiger partial charge in [0.05, 0.1) is 0 Å². The molecular formula is C10H12Cl2N2O. The maximum atomic E-state index is 11.3. The van der Waals surface area contributed by atoms with Crippen molar-refractivity contribution in [2.24, 2.45) is 0 Å². The van der Waals surface area contributed by atoms with Crippen LogP contribution in [0.15, 0.2) is 12.1 Å². The van der Waals surface area contributed by atoms with Crippen molar-refractivity contribution in [1.29, 1.82) is 0 Å². The molecule has 0 spiro atoms. The summed E-state index contributed by atoms with van der Waals surface area (Å²) in [5.74, 6) is 0. The van der Waals surface area contributed by atoms with Crippen LogP contribution in [-0.2, 0) is 0 Å². The largest absolute Gasteiger partial charge is 0.331 e. The van der Waals surface area contributed by atoms with Gasteiger partial charge in [0.25, 0.3) is 0 Å². The van der Waals surface area contributed by atoms with Crippen molar-refractivity contribution in [2.45, 2.75) is 6.92 Å². The van der Waals surface area contributed by atoms with Gasteiger partial charge in [0.15, 0.2) is 0 Å². The first-order chi connectivity index (χ1) is 6.91. The van der Waals surface area contributed by atoms with E-state index in [1.807, 2.05) is 6.92 Å². The van der Waals surface area contributed by atoms with Crippen LogP contribution in [0.2, 0.25) is 10.0 Å². The molecule has 15 heavy (non-hydrogen) atoms. The SMILES string of the molecule is Cc1c(Cl)cc(NC(=O)N(C)C)cc1Cl. The lowest BCUT2D eigenvalue weighted by atomic mass is 10.2. The number of nitrogens with one attached hydrogen (secondary N) is 1. The highest BCUT2D eigenvalue weighted by molar-refractivity contribution is 6.36. The van der Waals surface area contributed by atoms with Gasteiger partial charge in [-0.3, -0.25) is 0 Å². The van der Waals surface area contributed by atoms with Crippen LogP contribution < -0.4 is 5.32 Å². The van der Waals surface area contributed by atoms with E-state index in [0.717, 1.165) is 5.56 Å². The van der Waals surface area contributed by atoms with E-state index in [2.05, 4.69) is 5.32 Å². The van der Waals surface area contributed by atoms with Crippen molar-refractivity contribution in [1.82, 2.24) is 4.90 Å². The van der Waals surface area contributed by atoms with Crippen LogP contribution in [0.3, 0.4) is 0 Å². The second-order valence-corrected chi connectivity index (χ2v) is 4.20. The van der Waals surface area contributed by atoms with Gasteiger partial charge in [0.1, 0.15) is 0 Å². The highest BCUT2D eigenvalue weighted by atomic mass is 35.5. The van der Waals surface area contributed by atoms with Gasteiger partial charge < -0.3 is 10.2 Å². The Labute approximate surface area is 99.0 Å². The number of carbonyl (C=O) groups is 1. The van der Waals surface area contributed by atoms with Crippen molar-refractivity contribution in [3.63, 3.8) is 0 Å². The van der Waals surface area contributed by atoms with Gasteiger partial charge >= 0.3 is 6.03 Å². The summed E-state index contributed by atoms with van der Waals surface area (Å²) in [5.41, 5.74) is 1.40. The summed E-state index contributed by atoms with van der Waals surface area (Å²) in [6.45, 7) is 1.82. The molecule has 0 aliphatic heterocycles. The van der Waals surface area contributed by atoms with Gasteiger partial charge in [-0.25, -0.2) is 4.79 Å². The van der Waals surface area contributed by atoms with Crippen LogP contribution in [-0.4, -0.2) is 25.0 Å². The third-order valence-electron chi connectivity index (χ3n) is 1.94. The fraction of sp³-hybridized carbons (Fsp3) is 0.300. The van der Waals surface area contributed by atoms with Crippen molar-refractivity contribution >= 4 is 34.9 Å². The lowest BCUT2D eigenvalue weighted by molar-refractivity contribution is 0.230. The average Bonchev–Trinajstić information content (AvgIpc) is 2.13. The number of nitrogens with zero attached hydrogens (tertiary/aromatic N) is 1. The maximum absolute atomic E-state index is 11.3. The molecule has 3 nitrogen and oxygen atoms in total. The fourth-order valence-electron chi connectivity index (χ4n) is 0.953. The summed E-state index contributed by atoms with van der Waals surface area (Å²) >= 11 is 11.9. The summed E-state index contributed by atoms with van der Waals surface area (Å²) < 4.78 is 0. The zero-order chi connectivity index (χ0) is 11.6. The Kier molecular flexibility index (Phi) is 3.83. The molecule has 0 radical (unpaired) electrons. The van der Waals surface area contributed by atoms with Gasteiger partial charge in [-0.15, -0.1) is 0 Å². The lowest BCUT2D eigenvalue weighted by Crippen LogP contribution is -2.27. The first kappa shape index (κ1) is 12.1. The van der Waals surface area contributed by atoms with Crippen LogP contribution in [0.25, 0.3) is 0 Å². The number of hydrogen-bond donors (Lipinski definition) is 1. The first-order valence-corrected chi connectivity index (χ1v) is 5.11. The van der Waals surface area contributed by atoms with Crippen LogP contribution in [0.4, 0.5) is 10.5 Å². The van der Waals surface area contributed by atoms with Crippen molar-refractivity contribution in [2.75, 3.05) is 19.4 Å². The zero-order valence-corrected chi connectivity index (χ0v) is 10.3. The number of carbonyl (C=O) groups excluding carboxylic acids is 1. The molecule has 5 heteroatoms. The number of halogens is 2. The summed E-state index contributed by atoms with van der Waals surface area (Å²) in [5, 5.41) is 3.75. The molecule has 0 aromatic heterocycles. The van der Waals surface area contributed by atoms with Gasteiger partial charge in [0.2, 0.25) is 0 Å². The molecule has 0 fully saturated rings. The van der Waals surface area contributed by atoms with E-state index in [1.165, 1.54) is 4.90 Å². The minimum Gasteiger partial charge on any atom is -0.331 e. The molecule has 0 aliphatic rings. The number of urea groups is 1. The van der Waals surface area contributed by atoms with Gasteiger partial charge in [0, 0.05) is 29.8 Å². The quantitative estimate of drug-likeness (QED) is 0.810. The number of hydrogen-bond acceptors (Lipinski definition) is 1. The molecule has 0 atom stereocenters. The molecule has 0 aliphatic carbocycles. The van der Waals surface area contributed by atoms with Crippen molar-refractivity contribution < 1.29 is 4.79 Å². The van der Waals surface area contributed by atoms with E-state index in [-0.39, 0.29) is 6.03 Å². The Morgan fingerprint density at radius 3 is 2.13 bits per heavy atom. The minimum atomic E-state index is -0.217. The molecule has 82 valence electrons. The van der Waals surface area contributed by atoms with E-state index < -0.39 is 0 Å². The van der Waals surface area contributed by atoms with Crippen LogP contribution >= 0.6 is 23.2 Å². The molecule has 1 aromatic rings. The summed E-state index contributed by atoms with van der Waals surface area (Å²) in [7, 11) is 3.32. The summed E-state index contributed by atoms with van der Waals surface area (Å²) in [6, 6.07) is 3.12. The summed E-state index contributed by atoms with van der Waals surface area (Å²) in [6.07, 6.45) is 0.